The highest BCUT2D eigenvalue weighted by atomic mass is 16.5. The number of para-hydroxylation sites is 2. The first-order chi connectivity index (χ1) is 14.2. The standard InChI is InChI=1S/C23H24N2O4/c1-2-27-20-10-6-7-11-21(20)28-17-22(26)25-15-19-12-13-24-23(14-19)29-16-18-8-4-3-5-9-18/h3-14H,2,15-17H2,1H3,(H,25,26). The number of pyridine rings is 1. The van der Waals surface area contributed by atoms with Crippen molar-refractivity contribution in [1.29, 1.82) is 0 Å². The summed E-state index contributed by atoms with van der Waals surface area (Å²) in [6.07, 6.45) is 1.66. The van der Waals surface area contributed by atoms with E-state index in [0.717, 1.165) is 11.1 Å². The van der Waals surface area contributed by atoms with Crippen molar-refractivity contribution >= 4 is 5.91 Å². The molecule has 29 heavy (non-hydrogen) atoms. The van der Waals surface area contributed by atoms with Gasteiger partial charge in [0, 0.05) is 18.8 Å². The number of aromatic nitrogens is 1. The molecule has 0 aliphatic heterocycles. The molecule has 0 spiro atoms. The fourth-order valence-electron chi connectivity index (χ4n) is 2.61. The normalized spacial score (nSPS) is 10.2. The molecule has 0 bridgehead atoms. The van der Waals surface area contributed by atoms with E-state index in [1.165, 1.54) is 0 Å². The predicted octanol–water partition coefficient (Wildman–Crippen LogP) is 3.75. The van der Waals surface area contributed by atoms with Crippen molar-refractivity contribution in [3.05, 3.63) is 84.1 Å². The number of hydrogen-bond donors (Lipinski definition) is 1. The lowest BCUT2D eigenvalue weighted by Gasteiger charge is -2.12. The van der Waals surface area contributed by atoms with Gasteiger partial charge in [0.2, 0.25) is 5.88 Å². The van der Waals surface area contributed by atoms with E-state index in [2.05, 4.69) is 10.3 Å². The Bertz CT molecular complexity index is 916. The molecule has 3 rings (SSSR count). The van der Waals surface area contributed by atoms with Crippen LogP contribution in [0.25, 0.3) is 0 Å². The maximum Gasteiger partial charge on any atom is 0.258 e. The molecular weight excluding hydrogens is 368 g/mol. The average Bonchev–Trinajstić information content (AvgIpc) is 2.77. The molecule has 3 aromatic rings. The van der Waals surface area contributed by atoms with Gasteiger partial charge >= 0.3 is 0 Å². The van der Waals surface area contributed by atoms with Crippen molar-refractivity contribution in [3.63, 3.8) is 0 Å². The van der Waals surface area contributed by atoms with Gasteiger partial charge in [-0.25, -0.2) is 4.98 Å². The minimum Gasteiger partial charge on any atom is -0.490 e. The Hall–Kier alpha value is -3.54. The summed E-state index contributed by atoms with van der Waals surface area (Å²) in [4.78, 5) is 16.3. The van der Waals surface area contributed by atoms with E-state index < -0.39 is 0 Å². The third-order valence-electron chi connectivity index (χ3n) is 4.03. The summed E-state index contributed by atoms with van der Waals surface area (Å²) in [5, 5.41) is 2.83. The molecule has 0 saturated carbocycles. The van der Waals surface area contributed by atoms with Gasteiger partial charge < -0.3 is 19.5 Å². The van der Waals surface area contributed by atoms with Gasteiger partial charge in [-0.05, 0) is 36.2 Å². The number of carbonyl (C=O) groups is 1. The largest absolute Gasteiger partial charge is 0.490 e. The lowest BCUT2D eigenvalue weighted by molar-refractivity contribution is -0.123. The second-order valence-corrected chi connectivity index (χ2v) is 6.22. The van der Waals surface area contributed by atoms with E-state index in [-0.39, 0.29) is 12.5 Å². The Morgan fingerprint density at radius 3 is 2.38 bits per heavy atom. The molecule has 150 valence electrons. The average molecular weight is 392 g/mol. The minimum absolute atomic E-state index is 0.0907. The molecule has 1 N–H and O–H groups in total. The summed E-state index contributed by atoms with van der Waals surface area (Å²) < 4.78 is 16.8. The maximum absolute atomic E-state index is 12.1. The van der Waals surface area contributed by atoms with E-state index in [1.54, 1.807) is 12.3 Å². The molecule has 6 nitrogen and oxygen atoms in total. The quantitative estimate of drug-likeness (QED) is 0.569. The lowest BCUT2D eigenvalue weighted by atomic mass is 10.2. The molecule has 0 atom stereocenters. The Balaban J connectivity index is 1.46. The van der Waals surface area contributed by atoms with Crippen molar-refractivity contribution in [2.24, 2.45) is 0 Å². The van der Waals surface area contributed by atoms with E-state index in [0.29, 0.717) is 37.1 Å². The van der Waals surface area contributed by atoms with Crippen molar-refractivity contribution in [3.8, 4) is 17.4 Å². The van der Waals surface area contributed by atoms with Crippen molar-refractivity contribution in [1.82, 2.24) is 10.3 Å². The van der Waals surface area contributed by atoms with Gasteiger partial charge in [-0.3, -0.25) is 4.79 Å². The lowest BCUT2D eigenvalue weighted by Crippen LogP contribution is -2.28. The van der Waals surface area contributed by atoms with E-state index in [1.807, 2.05) is 67.6 Å². The number of rotatable bonds is 10. The number of carbonyl (C=O) groups excluding carboxylic acids is 1. The number of hydrogen-bond acceptors (Lipinski definition) is 5. The number of benzene rings is 2. The molecule has 6 heteroatoms. The van der Waals surface area contributed by atoms with E-state index in [4.69, 9.17) is 14.2 Å². The summed E-state index contributed by atoms with van der Waals surface area (Å²) in [5.74, 6) is 1.46. The molecule has 0 saturated heterocycles. The molecule has 0 unspecified atom stereocenters. The molecule has 0 aliphatic carbocycles. The molecule has 1 aromatic heterocycles. The van der Waals surface area contributed by atoms with Gasteiger partial charge in [-0.15, -0.1) is 0 Å². The zero-order valence-electron chi connectivity index (χ0n) is 16.3. The summed E-state index contributed by atoms with van der Waals surface area (Å²) >= 11 is 0. The Morgan fingerprint density at radius 2 is 1.62 bits per heavy atom. The van der Waals surface area contributed by atoms with Crippen LogP contribution in [0.5, 0.6) is 17.4 Å². The zero-order valence-corrected chi connectivity index (χ0v) is 16.3. The molecule has 2 aromatic carbocycles. The van der Waals surface area contributed by atoms with E-state index >= 15 is 0 Å². The zero-order chi connectivity index (χ0) is 20.3. The Labute approximate surface area is 170 Å². The van der Waals surface area contributed by atoms with Crippen molar-refractivity contribution in [2.45, 2.75) is 20.1 Å². The number of amides is 1. The highest BCUT2D eigenvalue weighted by Crippen LogP contribution is 2.26. The van der Waals surface area contributed by atoms with Crippen LogP contribution in [0.3, 0.4) is 0 Å². The van der Waals surface area contributed by atoms with Gasteiger partial charge in [0.15, 0.2) is 18.1 Å². The summed E-state index contributed by atoms with van der Waals surface area (Å²) in [7, 11) is 0. The third kappa shape index (κ3) is 6.53. The first-order valence-corrected chi connectivity index (χ1v) is 9.47. The van der Waals surface area contributed by atoms with Crippen LogP contribution in [0.15, 0.2) is 72.9 Å². The van der Waals surface area contributed by atoms with Crippen LogP contribution in [0.4, 0.5) is 0 Å². The second-order valence-electron chi connectivity index (χ2n) is 6.22. The summed E-state index contributed by atoms with van der Waals surface area (Å²) in [5.41, 5.74) is 1.96. The van der Waals surface area contributed by atoms with Gasteiger partial charge in [-0.1, -0.05) is 42.5 Å². The molecule has 1 amide bonds. The highest BCUT2D eigenvalue weighted by Gasteiger charge is 2.08. The number of nitrogens with zero attached hydrogens (tertiary/aromatic N) is 1. The fraction of sp³-hybridized carbons (Fsp3) is 0.217. The molecule has 1 heterocycles. The molecule has 0 radical (unpaired) electrons. The second kappa shape index (κ2) is 10.7. The van der Waals surface area contributed by atoms with Crippen molar-refractivity contribution in [2.75, 3.05) is 13.2 Å². The maximum atomic E-state index is 12.1. The van der Waals surface area contributed by atoms with Crippen LogP contribution in [0.2, 0.25) is 0 Å². The van der Waals surface area contributed by atoms with Gasteiger partial charge in [0.25, 0.3) is 5.91 Å². The number of ether oxygens (including phenoxy) is 3. The van der Waals surface area contributed by atoms with Crippen LogP contribution in [0.1, 0.15) is 18.1 Å². The third-order valence-corrected chi connectivity index (χ3v) is 4.03. The SMILES string of the molecule is CCOc1ccccc1OCC(=O)NCc1ccnc(OCc2ccccc2)c1. The van der Waals surface area contributed by atoms with Crippen LogP contribution in [-0.2, 0) is 17.9 Å². The van der Waals surface area contributed by atoms with Crippen LogP contribution in [0, 0.1) is 0 Å². The highest BCUT2D eigenvalue weighted by molar-refractivity contribution is 5.77. The Kier molecular flexibility index (Phi) is 7.46. The van der Waals surface area contributed by atoms with Crippen molar-refractivity contribution < 1.29 is 19.0 Å². The van der Waals surface area contributed by atoms with E-state index in [9.17, 15) is 4.79 Å². The summed E-state index contributed by atoms with van der Waals surface area (Å²) in [6.45, 7) is 3.14. The van der Waals surface area contributed by atoms with Crippen LogP contribution in [-0.4, -0.2) is 24.1 Å². The predicted molar refractivity (Wildman–Crippen MR) is 110 cm³/mol. The van der Waals surface area contributed by atoms with Gasteiger partial charge in [0.1, 0.15) is 6.61 Å². The minimum atomic E-state index is -0.222. The van der Waals surface area contributed by atoms with Gasteiger partial charge in [0.05, 0.1) is 6.61 Å². The molecular formula is C23H24N2O4. The van der Waals surface area contributed by atoms with Gasteiger partial charge in [-0.2, -0.15) is 0 Å². The molecule has 0 fully saturated rings. The summed E-state index contributed by atoms with van der Waals surface area (Å²) in [6, 6.07) is 20.8. The fourth-order valence-corrected chi connectivity index (χ4v) is 2.61. The monoisotopic (exact) mass is 392 g/mol. The number of nitrogens with one attached hydrogen (secondary N) is 1. The Morgan fingerprint density at radius 1 is 0.897 bits per heavy atom. The first kappa shape index (κ1) is 20.2. The van der Waals surface area contributed by atoms with Crippen LogP contribution >= 0.6 is 0 Å². The first-order valence-electron chi connectivity index (χ1n) is 9.47. The smallest absolute Gasteiger partial charge is 0.258 e. The topological polar surface area (TPSA) is 69.7 Å². The van der Waals surface area contributed by atoms with Crippen LogP contribution < -0.4 is 19.5 Å². The molecule has 0 aliphatic rings.